The van der Waals surface area contributed by atoms with E-state index in [0.717, 1.165) is 47.5 Å². The number of phenolic OH excluding ortho intramolecular Hbond substituents is 1. The molecule has 0 radical (unpaired) electrons. The van der Waals surface area contributed by atoms with Gasteiger partial charge in [-0.3, -0.25) is 4.79 Å². The molecule has 1 aromatic heterocycles. The van der Waals surface area contributed by atoms with E-state index in [-0.39, 0.29) is 11.7 Å². The first kappa shape index (κ1) is 20.9. The number of halogens is 1. The number of methoxy groups -OCH3 is 1. The molecular formula is C23H21IN2O3S. The fraction of sp³-hybridized carbons (Fsp3) is 0.217. The molecule has 1 amide bonds. The van der Waals surface area contributed by atoms with Gasteiger partial charge in [-0.25, -0.2) is 4.99 Å². The van der Waals surface area contributed by atoms with Crippen LogP contribution in [-0.4, -0.2) is 24.3 Å². The van der Waals surface area contributed by atoms with E-state index in [2.05, 4.69) is 32.9 Å². The summed E-state index contributed by atoms with van der Waals surface area (Å²) in [5.41, 5.74) is 3.38. The van der Waals surface area contributed by atoms with E-state index >= 15 is 0 Å². The highest BCUT2D eigenvalue weighted by Gasteiger charge is 2.25. The number of para-hydroxylation sites is 1. The monoisotopic (exact) mass is 532 g/mol. The van der Waals surface area contributed by atoms with Crippen LogP contribution in [0.1, 0.15) is 39.2 Å². The highest BCUT2D eigenvalue weighted by Crippen LogP contribution is 2.40. The lowest BCUT2D eigenvalue weighted by atomic mass is 9.95. The summed E-state index contributed by atoms with van der Waals surface area (Å²) in [4.78, 5) is 19.1. The Kier molecular flexibility index (Phi) is 6.38. The van der Waals surface area contributed by atoms with Gasteiger partial charge in [-0.05, 0) is 83.7 Å². The highest BCUT2D eigenvalue weighted by atomic mass is 127. The summed E-state index contributed by atoms with van der Waals surface area (Å²) in [6.45, 7) is 0. The van der Waals surface area contributed by atoms with Gasteiger partial charge < -0.3 is 15.2 Å². The maximum Gasteiger partial charge on any atom is 0.259 e. The van der Waals surface area contributed by atoms with Crippen LogP contribution >= 0.6 is 33.9 Å². The van der Waals surface area contributed by atoms with Crippen molar-refractivity contribution in [1.82, 2.24) is 0 Å². The van der Waals surface area contributed by atoms with Crippen molar-refractivity contribution in [3.63, 3.8) is 0 Å². The number of rotatable bonds is 5. The standard InChI is InChI=1S/C23H21IN2O3S/c1-29-18-12-14(11-17(24)21(18)27)13-25-23-20(16-9-5-6-10-19(16)30-23)22(28)26-15-7-3-2-4-8-15/h2-4,7-8,11-13,27H,5-6,9-10H2,1H3,(H,26,28). The Balaban J connectivity index is 1.70. The van der Waals surface area contributed by atoms with Crippen LogP contribution in [0.15, 0.2) is 47.5 Å². The van der Waals surface area contributed by atoms with Crippen LogP contribution in [0, 0.1) is 3.57 Å². The second kappa shape index (κ2) is 9.18. The quantitative estimate of drug-likeness (QED) is 0.315. The maximum atomic E-state index is 13.1. The minimum atomic E-state index is -0.120. The predicted molar refractivity (Wildman–Crippen MR) is 130 cm³/mol. The lowest BCUT2D eigenvalue weighted by Crippen LogP contribution is -2.14. The number of hydrogen-bond donors (Lipinski definition) is 2. The van der Waals surface area contributed by atoms with E-state index in [1.165, 1.54) is 12.0 Å². The lowest BCUT2D eigenvalue weighted by Gasteiger charge is -2.12. The van der Waals surface area contributed by atoms with Crippen LogP contribution in [0.5, 0.6) is 11.5 Å². The molecular weight excluding hydrogens is 511 g/mol. The summed E-state index contributed by atoms with van der Waals surface area (Å²) in [7, 11) is 1.52. The lowest BCUT2D eigenvalue weighted by molar-refractivity contribution is 0.102. The van der Waals surface area contributed by atoms with Crippen LogP contribution in [0.3, 0.4) is 0 Å². The number of carbonyl (C=O) groups is 1. The number of ether oxygens (including phenoxy) is 1. The second-order valence-electron chi connectivity index (χ2n) is 7.02. The minimum Gasteiger partial charge on any atom is -0.504 e. The molecule has 4 rings (SSSR count). The molecule has 1 aliphatic rings. The largest absolute Gasteiger partial charge is 0.504 e. The van der Waals surface area contributed by atoms with Gasteiger partial charge in [-0.15, -0.1) is 11.3 Å². The van der Waals surface area contributed by atoms with Gasteiger partial charge in [0.05, 0.1) is 16.2 Å². The van der Waals surface area contributed by atoms with Crippen molar-refractivity contribution in [2.45, 2.75) is 25.7 Å². The molecule has 0 unspecified atom stereocenters. The predicted octanol–water partition coefficient (Wildman–Crippen LogP) is 5.95. The zero-order valence-corrected chi connectivity index (χ0v) is 19.4. The molecule has 7 heteroatoms. The van der Waals surface area contributed by atoms with Crippen LogP contribution in [0.4, 0.5) is 10.7 Å². The topological polar surface area (TPSA) is 70.9 Å². The van der Waals surface area contributed by atoms with Crippen molar-refractivity contribution >= 4 is 56.7 Å². The van der Waals surface area contributed by atoms with Gasteiger partial charge in [0.15, 0.2) is 11.5 Å². The Labute approximate surface area is 193 Å². The summed E-state index contributed by atoms with van der Waals surface area (Å²) in [5, 5.41) is 13.8. The van der Waals surface area contributed by atoms with Crippen LogP contribution in [-0.2, 0) is 12.8 Å². The average Bonchev–Trinajstić information content (AvgIpc) is 3.13. The van der Waals surface area contributed by atoms with Gasteiger partial charge in [0, 0.05) is 16.8 Å². The molecule has 0 fully saturated rings. The zero-order valence-electron chi connectivity index (χ0n) is 16.4. The van der Waals surface area contributed by atoms with Gasteiger partial charge >= 0.3 is 0 Å². The van der Waals surface area contributed by atoms with Crippen LogP contribution in [0.25, 0.3) is 0 Å². The summed E-state index contributed by atoms with van der Waals surface area (Å²) in [6.07, 6.45) is 5.85. The summed E-state index contributed by atoms with van der Waals surface area (Å²) < 4.78 is 5.92. The van der Waals surface area contributed by atoms with Crippen molar-refractivity contribution in [2.75, 3.05) is 12.4 Å². The van der Waals surface area contributed by atoms with E-state index < -0.39 is 0 Å². The second-order valence-corrected chi connectivity index (χ2v) is 9.27. The van der Waals surface area contributed by atoms with Crippen LogP contribution < -0.4 is 10.1 Å². The normalized spacial score (nSPS) is 13.3. The molecule has 5 nitrogen and oxygen atoms in total. The summed E-state index contributed by atoms with van der Waals surface area (Å²) >= 11 is 3.66. The first-order chi connectivity index (χ1) is 14.6. The molecule has 0 atom stereocenters. The van der Waals surface area contributed by atoms with Gasteiger partial charge in [0.2, 0.25) is 0 Å². The smallest absolute Gasteiger partial charge is 0.259 e. The Hall–Kier alpha value is -2.39. The number of nitrogens with one attached hydrogen (secondary N) is 1. The Bertz CT molecular complexity index is 1110. The number of nitrogens with zero attached hydrogens (tertiary/aromatic N) is 1. The van der Waals surface area contributed by atoms with Gasteiger partial charge in [0.1, 0.15) is 5.00 Å². The number of aliphatic imine (C=N–C) groups is 1. The first-order valence-electron chi connectivity index (χ1n) is 9.68. The van der Waals surface area contributed by atoms with Crippen molar-refractivity contribution < 1.29 is 14.6 Å². The van der Waals surface area contributed by atoms with Gasteiger partial charge in [-0.1, -0.05) is 18.2 Å². The number of thiophene rings is 1. The zero-order chi connectivity index (χ0) is 21.1. The van der Waals surface area contributed by atoms with Gasteiger partial charge in [-0.2, -0.15) is 0 Å². The molecule has 0 saturated heterocycles. The molecule has 154 valence electrons. The Morgan fingerprint density at radius 3 is 2.77 bits per heavy atom. The number of amides is 1. The number of hydrogen-bond acceptors (Lipinski definition) is 5. The van der Waals surface area contributed by atoms with Gasteiger partial charge in [0.25, 0.3) is 5.91 Å². The van der Waals surface area contributed by atoms with E-state index in [1.807, 2.05) is 36.4 Å². The van der Waals surface area contributed by atoms with Crippen molar-refractivity contribution in [1.29, 1.82) is 0 Å². The fourth-order valence-corrected chi connectivity index (χ4v) is 5.40. The molecule has 30 heavy (non-hydrogen) atoms. The number of benzene rings is 2. The highest BCUT2D eigenvalue weighted by molar-refractivity contribution is 14.1. The van der Waals surface area contributed by atoms with Crippen LogP contribution in [0.2, 0.25) is 0 Å². The molecule has 0 bridgehead atoms. The van der Waals surface area contributed by atoms with E-state index in [1.54, 1.807) is 23.6 Å². The number of carbonyl (C=O) groups excluding carboxylic acids is 1. The minimum absolute atomic E-state index is 0.116. The molecule has 1 heterocycles. The molecule has 0 aliphatic heterocycles. The third-order valence-corrected chi connectivity index (χ3v) is 7.04. The average molecular weight is 532 g/mol. The van der Waals surface area contributed by atoms with Crippen molar-refractivity contribution in [2.24, 2.45) is 4.99 Å². The molecule has 2 N–H and O–H groups in total. The number of aromatic hydroxyl groups is 1. The fourth-order valence-electron chi connectivity index (χ4n) is 3.55. The summed E-state index contributed by atoms with van der Waals surface area (Å²) in [6, 6.07) is 13.0. The third-order valence-electron chi connectivity index (χ3n) is 5.01. The first-order valence-corrected chi connectivity index (χ1v) is 11.6. The number of anilines is 1. The molecule has 1 aliphatic carbocycles. The van der Waals surface area contributed by atoms with E-state index in [4.69, 9.17) is 4.74 Å². The molecule has 0 spiro atoms. The Morgan fingerprint density at radius 2 is 2.00 bits per heavy atom. The molecule has 3 aromatic rings. The van der Waals surface area contributed by atoms with E-state index in [0.29, 0.717) is 14.9 Å². The number of aryl methyl sites for hydroxylation is 1. The Morgan fingerprint density at radius 1 is 1.23 bits per heavy atom. The molecule has 0 saturated carbocycles. The molecule has 2 aromatic carbocycles. The maximum absolute atomic E-state index is 13.1. The SMILES string of the molecule is COc1cc(C=Nc2sc3c(c2C(=O)Nc2ccccc2)CCCC3)cc(I)c1O. The van der Waals surface area contributed by atoms with Crippen molar-refractivity contribution in [3.05, 3.63) is 67.6 Å². The number of fused-ring (bicyclic) bond motifs is 1. The third kappa shape index (κ3) is 4.37. The summed E-state index contributed by atoms with van der Waals surface area (Å²) in [5.74, 6) is 0.395. The number of phenols is 1. The van der Waals surface area contributed by atoms with E-state index in [9.17, 15) is 9.90 Å². The van der Waals surface area contributed by atoms with Crippen molar-refractivity contribution in [3.8, 4) is 11.5 Å².